The van der Waals surface area contributed by atoms with E-state index >= 15 is 0 Å². The van der Waals surface area contributed by atoms with Crippen molar-refractivity contribution in [3.63, 3.8) is 0 Å². The molecule has 1 aromatic carbocycles. The van der Waals surface area contributed by atoms with Crippen molar-refractivity contribution in [1.82, 2.24) is 15.5 Å². The Bertz CT molecular complexity index is 762. The summed E-state index contributed by atoms with van der Waals surface area (Å²) in [6.07, 6.45) is 1.82. The zero-order valence-corrected chi connectivity index (χ0v) is 13.9. The van der Waals surface area contributed by atoms with Gasteiger partial charge in [0, 0.05) is 12.1 Å². The van der Waals surface area contributed by atoms with Crippen LogP contribution in [0.4, 0.5) is 10.2 Å². The van der Waals surface area contributed by atoms with E-state index in [2.05, 4.69) is 20.8 Å². The van der Waals surface area contributed by atoms with Gasteiger partial charge in [0.05, 0.1) is 18.4 Å². The molecule has 2 N–H and O–H groups in total. The summed E-state index contributed by atoms with van der Waals surface area (Å²) in [4.78, 5) is 0. The van der Waals surface area contributed by atoms with Gasteiger partial charge in [0.1, 0.15) is 17.6 Å². The molecule has 1 heterocycles. The predicted molar refractivity (Wildman–Crippen MR) is 92.2 cm³/mol. The number of halogens is 1. The van der Waals surface area contributed by atoms with Gasteiger partial charge in [-0.1, -0.05) is 6.07 Å². The fraction of sp³-hybridized carbons (Fsp3) is 0.250. The average Bonchev–Trinajstić information content (AvgIpc) is 2.58. The molecule has 0 bridgehead atoms. The SMILES string of the molecule is CCOc1cccc(F)c1CCNC(=S)Nc1nnccc1C#N. The third-order valence-electron chi connectivity index (χ3n) is 3.11. The van der Waals surface area contributed by atoms with Crippen LogP contribution in [0.25, 0.3) is 0 Å². The number of nitrogens with zero attached hydrogens (tertiary/aromatic N) is 3. The summed E-state index contributed by atoms with van der Waals surface area (Å²) in [5.41, 5.74) is 0.828. The van der Waals surface area contributed by atoms with Gasteiger partial charge in [-0.05, 0) is 43.8 Å². The van der Waals surface area contributed by atoms with Crippen LogP contribution in [0.1, 0.15) is 18.1 Å². The van der Waals surface area contributed by atoms with E-state index < -0.39 is 0 Å². The van der Waals surface area contributed by atoms with Crippen molar-refractivity contribution in [1.29, 1.82) is 5.26 Å². The molecule has 124 valence electrons. The van der Waals surface area contributed by atoms with Crippen molar-refractivity contribution in [3.8, 4) is 11.8 Å². The molecule has 6 nitrogen and oxygen atoms in total. The number of thiocarbonyl (C=S) groups is 1. The van der Waals surface area contributed by atoms with Crippen molar-refractivity contribution in [2.45, 2.75) is 13.3 Å². The van der Waals surface area contributed by atoms with Crippen LogP contribution in [-0.2, 0) is 6.42 Å². The second-order valence-corrected chi connectivity index (χ2v) is 5.09. The maximum Gasteiger partial charge on any atom is 0.172 e. The molecule has 0 aliphatic carbocycles. The number of hydrogen-bond donors (Lipinski definition) is 2. The lowest BCUT2D eigenvalue weighted by atomic mass is 10.1. The molecule has 0 aliphatic rings. The van der Waals surface area contributed by atoms with Crippen LogP contribution in [0.3, 0.4) is 0 Å². The topological polar surface area (TPSA) is 82.9 Å². The molecule has 0 spiro atoms. The first kappa shape index (κ1) is 17.6. The molecule has 0 unspecified atom stereocenters. The Hall–Kier alpha value is -2.79. The Balaban J connectivity index is 1.93. The van der Waals surface area contributed by atoms with Crippen molar-refractivity contribution >= 4 is 23.1 Å². The van der Waals surface area contributed by atoms with Crippen LogP contribution in [0.15, 0.2) is 30.5 Å². The first-order valence-electron chi connectivity index (χ1n) is 7.32. The molecule has 0 saturated carbocycles. The van der Waals surface area contributed by atoms with Gasteiger partial charge in [0.25, 0.3) is 0 Å². The van der Waals surface area contributed by atoms with Gasteiger partial charge in [-0.15, -0.1) is 5.10 Å². The van der Waals surface area contributed by atoms with Gasteiger partial charge in [-0.3, -0.25) is 0 Å². The first-order valence-corrected chi connectivity index (χ1v) is 7.73. The van der Waals surface area contributed by atoms with E-state index in [9.17, 15) is 4.39 Å². The van der Waals surface area contributed by atoms with Gasteiger partial charge < -0.3 is 15.4 Å². The van der Waals surface area contributed by atoms with Crippen molar-refractivity contribution in [2.75, 3.05) is 18.5 Å². The minimum atomic E-state index is -0.317. The third-order valence-corrected chi connectivity index (χ3v) is 3.36. The second kappa shape index (κ2) is 8.74. The highest BCUT2D eigenvalue weighted by atomic mass is 32.1. The Morgan fingerprint density at radius 2 is 2.25 bits per heavy atom. The van der Waals surface area contributed by atoms with Gasteiger partial charge >= 0.3 is 0 Å². The molecule has 0 radical (unpaired) electrons. The summed E-state index contributed by atoms with van der Waals surface area (Å²) in [6, 6.07) is 8.27. The molecule has 8 heteroatoms. The molecule has 0 saturated heterocycles. The summed E-state index contributed by atoms with van der Waals surface area (Å²) >= 11 is 5.15. The average molecular weight is 345 g/mol. The van der Waals surface area contributed by atoms with E-state index in [4.69, 9.17) is 22.2 Å². The summed E-state index contributed by atoms with van der Waals surface area (Å²) in [7, 11) is 0. The number of rotatable bonds is 6. The highest BCUT2D eigenvalue weighted by Gasteiger charge is 2.10. The number of ether oxygens (including phenoxy) is 1. The van der Waals surface area contributed by atoms with Gasteiger partial charge in [0.15, 0.2) is 10.9 Å². The minimum absolute atomic E-state index is 0.276. The normalized spacial score (nSPS) is 9.88. The summed E-state index contributed by atoms with van der Waals surface area (Å²) in [5.74, 6) is 0.486. The lowest BCUT2D eigenvalue weighted by Crippen LogP contribution is -2.31. The third kappa shape index (κ3) is 4.60. The van der Waals surface area contributed by atoms with Gasteiger partial charge in [-0.25, -0.2) is 4.39 Å². The van der Waals surface area contributed by atoms with Crippen molar-refractivity contribution in [3.05, 3.63) is 47.4 Å². The summed E-state index contributed by atoms with van der Waals surface area (Å²) in [5, 5.41) is 22.5. The number of nitriles is 1. The van der Waals surface area contributed by atoms with E-state index in [1.54, 1.807) is 12.1 Å². The monoisotopic (exact) mass is 345 g/mol. The van der Waals surface area contributed by atoms with Crippen LogP contribution in [0, 0.1) is 17.1 Å². The Labute approximate surface area is 144 Å². The molecule has 1 aromatic heterocycles. The number of nitrogens with one attached hydrogen (secondary N) is 2. The molecule has 24 heavy (non-hydrogen) atoms. The van der Waals surface area contributed by atoms with E-state index in [-0.39, 0.29) is 16.7 Å². The second-order valence-electron chi connectivity index (χ2n) is 4.69. The number of aromatic nitrogens is 2. The maximum atomic E-state index is 13.9. The van der Waals surface area contributed by atoms with Crippen molar-refractivity contribution in [2.24, 2.45) is 0 Å². The number of anilines is 1. The smallest absolute Gasteiger partial charge is 0.172 e. The van der Waals surface area contributed by atoms with E-state index in [1.165, 1.54) is 18.3 Å². The largest absolute Gasteiger partial charge is 0.493 e. The molecule has 2 aromatic rings. The molecule has 0 aliphatic heterocycles. The van der Waals surface area contributed by atoms with Crippen LogP contribution >= 0.6 is 12.2 Å². The minimum Gasteiger partial charge on any atom is -0.493 e. The van der Waals surface area contributed by atoms with Crippen LogP contribution in [-0.4, -0.2) is 28.5 Å². The fourth-order valence-corrected chi connectivity index (χ4v) is 2.24. The Morgan fingerprint density at radius 1 is 1.42 bits per heavy atom. The maximum absolute atomic E-state index is 13.9. The van der Waals surface area contributed by atoms with E-state index in [0.717, 1.165) is 0 Å². The predicted octanol–water partition coefficient (Wildman–Crippen LogP) is 2.42. The highest BCUT2D eigenvalue weighted by molar-refractivity contribution is 7.80. The summed E-state index contributed by atoms with van der Waals surface area (Å²) < 4.78 is 19.4. The number of benzene rings is 1. The molecule has 0 atom stereocenters. The van der Waals surface area contributed by atoms with Crippen LogP contribution in [0.2, 0.25) is 0 Å². The fourth-order valence-electron chi connectivity index (χ4n) is 2.04. The van der Waals surface area contributed by atoms with E-state index in [0.29, 0.717) is 36.4 Å². The lowest BCUT2D eigenvalue weighted by molar-refractivity contribution is 0.333. The van der Waals surface area contributed by atoms with Crippen molar-refractivity contribution < 1.29 is 9.13 Å². The van der Waals surface area contributed by atoms with Crippen LogP contribution < -0.4 is 15.4 Å². The zero-order chi connectivity index (χ0) is 17.4. The quantitative estimate of drug-likeness (QED) is 0.778. The van der Waals surface area contributed by atoms with Gasteiger partial charge in [0.2, 0.25) is 0 Å². The number of hydrogen-bond acceptors (Lipinski definition) is 5. The molecule has 0 amide bonds. The summed E-state index contributed by atoms with van der Waals surface area (Å²) in [6.45, 7) is 2.71. The standard InChI is InChI=1S/C16H16FN5OS/c1-2-23-14-5-3-4-13(17)12(14)7-8-19-16(24)21-15-11(10-18)6-9-20-22-15/h3-6,9H,2,7-8H2,1H3,(H2,19,21,22,24). The van der Waals surface area contributed by atoms with E-state index in [1.807, 2.05) is 13.0 Å². The molecule has 0 fully saturated rings. The van der Waals surface area contributed by atoms with Crippen LogP contribution in [0.5, 0.6) is 5.75 Å². The zero-order valence-electron chi connectivity index (χ0n) is 13.0. The Morgan fingerprint density at radius 3 is 3.00 bits per heavy atom. The first-order chi connectivity index (χ1) is 11.7. The molecular formula is C16H16FN5OS. The molecule has 2 rings (SSSR count). The lowest BCUT2D eigenvalue weighted by Gasteiger charge is -2.13. The Kier molecular flexibility index (Phi) is 6.40. The molecular weight excluding hydrogens is 329 g/mol. The van der Waals surface area contributed by atoms with Gasteiger partial charge in [-0.2, -0.15) is 10.4 Å². The highest BCUT2D eigenvalue weighted by Crippen LogP contribution is 2.21.